The highest BCUT2D eigenvalue weighted by atomic mass is 32.2. The molecule has 3 rings (SSSR count). The van der Waals surface area contributed by atoms with Crippen LogP contribution in [-0.4, -0.2) is 74.0 Å². The van der Waals surface area contributed by atoms with E-state index in [2.05, 4.69) is 5.32 Å². The molecule has 2 fully saturated rings. The van der Waals surface area contributed by atoms with E-state index in [4.69, 9.17) is 4.74 Å². The molecule has 0 saturated carbocycles. The number of carbonyl (C=O) groups is 2. The van der Waals surface area contributed by atoms with E-state index in [-0.39, 0.29) is 17.7 Å². The average Bonchev–Trinajstić information content (AvgIpc) is 2.82. The molecule has 8 nitrogen and oxygen atoms in total. The number of benzene rings is 1. The molecule has 0 radical (unpaired) electrons. The van der Waals surface area contributed by atoms with Crippen molar-refractivity contribution in [2.75, 3.05) is 33.3 Å². The number of carbonyl (C=O) groups excluding carboxylic acids is 2. The predicted molar refractivity (Wildman–Crippen MR) is 123 cm³/mol. The maximum Gasteiger partial charge on any atom is 0.251 e. The van der Waals surface area contributed by atoms with Gasteiger partial charge in [-0.15, -0.1) is 0 Å². The van der Waals surface area contributed by atoms with Crippen LogP contribution in [0, 0.1) is 5.92 Å². The normalized spacial score (nSPS) is 19.6. The minimum Gasteiger partial charge on any atom is -0.497 e. The smallest absolute Gasteiger partial charge is 0.251 e. The van der Waals surface area contributed by atoms with Crippen molar-refractivity contribution in [1.82, 2.24) is 14.5 Å². The highest BCUT2D eigenvalue weighted by molar-refractivity contribution is 7.89. The topological polar surface area (TPSA) is 96.0 Å². The minimum atomic E-state index is -3.32. The molecule has 2 aliphatic heterocycles. The predicted octanol–water partition coefficient (Wildman–Crippen LogP) is 2.26. The monoisotopic (exact) mass is 465 g/mol. The lowest BCUT2D eigenvalue weighted by Gasteiger charge is -2.38. The fourth-order valence-electron chi connectivity index (χ4n) is 4.42. The summed E-state index contributed by atoms with van der Waals surface area (Å²) in [5, 5.41) is 2.50. The van der Waals surface area contributed by atoms with E-state index in [1.54, 1.807) is 45.2 Å². The van der Waals surface area contributed by atoms with E-state index in [1.165, 1.54) is 4.31 Å². The number of nitrogens with one attached hydrogen (secondary N) is 1. The highest BCUT2D eigenvalue weighted by Gasteiger charge is 2.38. The van der Waals surface area contributed by atoms with Crippen LogP contribution in [0.4, 0.5) is 0 Å². The third-order valence-corrected chi connectivity index (χ3v) is 8.77. The quantitative estimate of drug-likeness (QED) is 0.666. The van der Waals surface area contributed by atoms with Gasteiger partial charge < -0.3 is 15.0 Å². The number of hydrogen-bond donors (Lipinski definition) is 1. The summed E-state index contributed by atoms with van der Waals surface area (Å²) >= 11 is 0. The lowest BCUT2D eigenvalue weighted by Crippen LogP contribution is -2.55. The van der Waals surface area contributed by atoms with Crippen LogP contribution in [0.5, 0.6) is 5.75 Å². The third kappa shape index (κ3) is 5.61. The highest BCUT2D eigenvalue weighted by Crippen LogP contribution is 2.26. The molecule has 1 aromatic rings. The van der Waals surface area contributed by atoms with Crippen LogP contribution in [0.15, 0.2) is 24.3 Å². The molecule has 0 spiro atoms. The molecular formula is C23H35N3O5S. The van der Waals surface area contributed by atoms with Crippen LogP contribution in [0.1, 0.15) is 56.3 Å². The van der Waals surface area contributed by atoms with Crippen LogP contribution in [0.2, 0.25) is 0 Å². The largest absolute Gasteiger partial charge is 0.497 e. The van der Waals surface area contributed by atoms with Gasteiger partial charge in [-0.1, -0.05) is 0 Å². The van der Waals surface area contributed by atoms with Crippen LogP contribution in [0.25, 0.3) is 0 Å². The van der Waals surface area contributed by atoms with Crippen molar-refractivity contribution in [2.45, 2.75) is 57.2 Å². The Bertz CT molecular complexity index is 887. The second-order valence-corrected chi connectivity index (χ2v) is 11.4. The maximum atomic E-state index is 13.4. The van der Waals surface area contributed by atoms with Gasteiger partial charge in [0.05, 0.1) is 12.4 Å². The summed E-state index contributed by atoms with van der Waals surface area (Å²) in [7, 11) is -1.76. The van der Waals surface area contributed by atoms with E-state index in [0.29, 0.717) is 50.3 Å². The Morgan fingerprint density at radius 2 is 1.59 bits per heavy atom. The van der Waals surface area contributed by atoms with Gasteiger partial charge in [0.1, 0.15) is 11.8 Å². The van der Waals surface area contributed by atoms with Crippen molar-refractivity contribution >= 4 is 21.8 Å². The van der Waals surface area contributed by atoms with Gasteiger partial charge in [0.2, 0.25) is 15.9 Å². The summed E-state index contributed by atoms with van der Waals surface area (Å²) in [5.74, 6) is 0.184. The van der Waals surface area contributed by atoms with E-state index >= 15 is 0 Å². The van der Waals surface area contributed by atoms with Crippen molar-refractivity contribution in [2.24, 2.45) is 5.92 Å². The molecule has 9 heteroatoms. The Labute approximate surface area is 191 Å². The van der Waals surface area contributed by atoms with Crippen LogP contribution < -0.4 is 10.1 Å². The Morgan fingerprint density at radius 3 is 2.12 bits per heavy atom. The van der Waals surface area contributed by atoms with E-state index < -0.39 is 21.3 Å². The zero-order valence-corrected chi connectivity index (χ0v) is 20.1. The zero-order valence-electron chi connectivity index (χ0n) is 19.2. The Morgan fingerprint density at radius 1 is 1.00 bits per heavy atom. The number of rotatable bonds is 7. The van der Waals surface area contributed by atoms with Gasteiger partial charge in [0.25, 0.3) is 5.91 Å². The van der Waals surface area contributed by atoms with Crippen LogP contribution >= 0.6 is 0 Å². The molecule has 1 unspecified atom stereocenters. The van der Waals surface area contributed by atoms with Gasteiger partial charge in [0, 0.05) is 31.7 Å². The SMILES string of the molecule is COc1ccc(C(=O)NC(C(=O)N2CCCCC2)C2CCN(S(=O)(=O)C(C)C)CC2)cc1. The van der Waals surface area contributed by atoms with Crippen molar-refractivity contribution < 1.29 is 22.7 Å². The lowest BCUT2D eigenvalue weighted by molar-refractivity contribution is -0.135. The lowest BCUT2D eigenvalue weighted by atomic mass is 9.88. The van der Waals surface area contributed by atoms with Crippen molar-refractivity contribution in [3.63, 3.8) is 0 Å². The molecule has 0 aromatic heterocycles. The second kappa shape index (κ2) is 10.7. The van der Waals surface area contributed by atoms with E-state index in [0.717, 1.165) is 19.3 Å². The maximum absolute atomic E-state index is 13.4. The summed E-state index contributed by atoms with van der Waals surface area (Å²) < 4.78 is 31.7. The summed E-state index contributed by atoms with van der Waals surface area (Å²) in [4.78, 5) is 28.2. The van der Waals surface area contributed by atoms with Crippen molar-refractivity contribution in [3.05, 3.63) is 29.8 Å². The first-order valence-electron chi connectivity index (χ1n) is 11.5. The zero-order chi connectivity index (χ0) is 23.3. The van der Waals surface area contributed by atoms with Crippen molar-refractivity contribution in [1.29, 1.82) is 0 Å². The number of ether oxygens (including phenoxy) is 1. The Kier molecular flexibility index (Phi) is 8.16. The molecule has 2 saturated heterocycles. The van der Waals surface area contributed by atoms with Gasteiger partial charge in [-0.3, -0.25) is 9.59 Å². The van der Waals surface area contributed by atoms with Gasteiger partial charge in [0.15, 0.2) is 0 Å². The molecule has 0 aliphatic carbocycles. The number of methoxy groups -OCH3 is 1. The first-order chi connectivity index (χ1) is 15.2. The van der Waals surface area contributed by atoms with Crippen molar-refractivity contribution in [3.8, 4) is 5.75 Å². The summed E-state index contributed by atoms with van der Waals surface area (Å²) in [6.07, 6.45) is 4.13. The first kappa shape index (κ1) is 24.5. The van der Waals surface area contributed by atoms with Gasteiger partial charge in [-0.2, -0.15) is 0 Å². The summed E-state index contributed by atoms with van der Waals surface area (Å²) in [6, 6.07) is 6.12. The average molecular weight is 466 g/mol. The molecule has 2 aliphatic rings. The molecule has 32 heavy (non-hydrogen) atoms. The molecule has 1 atom stereocenters. The summed E-state index contributed by atoms with van der Waals surface area (Å²) in [6.45, 7) is 5.50. The minimum absolute atomic E-state index is 0.0586. The fourth-order valence-corrected chi connectivity index (χ4v) is 5.74. The molecule has 1 aromatic carbocycles. The second-order valence-electron chi connectivity index (χ2n) is 8.90. The third-order valence-electron chi connectivity index (χ3n) is 6.50. The number of hydrogen-bond acceptors (Lipinski definition) is 5. The molecule has 2 amide bonds. The number of sulfonamides is 1. The number of likely N-dealkylation sites (tertiary alicyclic amines) is 1. The molecule has 0 bridgehead atoms. The Hall–Kier alpha value is -2.13. The number of amides is 2. The molecule has 2 heterocycles. The molecule has 178 valence electrons. The molecular weight excluding hydrogens is 430 g/mol. The first-order valence-corrected chi connectivity index (χ1v) is 13.0. The fraction of sp³-hybridized carbons (Fsp3) is 0.652. The Balaban J connectivity index is 1.75. The van der Waals surface area contributed by atoms with E-state index in [1.807, 2.05) is 4.90 Å². The molecule has 1 N–H and O–H groups in total. The standard InChI is InChI=1S/C23H35N3O5S/c1-17(2)32(29,30)26-15-11-18(12-16-26)21(23(28)25-13-5-4-6-14-25)24-22(27)19-7-9-20(31-3)10-8-19/h7-10,17-18,21H,4-6,11-16H2,1-3H3,(H,24,27). The van der Waals surface area contributed by atoms with Gasteiger partial charge in [-0.05, 0) is 76.1 Å². The van der Waals surface area contributed by atoms with Gasteiger partial charge in [-0.25, -0.2) is 12.7 Å². The van der Waals surface area contributed by atoms with Crippen LogP contribution in [0.3, 0.4) is 0 Å². The van der Waals surface area contributed by atoms with Crippen LogP contribution in [-0.2, 0) is 14.8 Å². The van der Waals surface area contributed by atoms with Gasteiger partial charge >= 0.3 is 0 Å². The number of nitrogens with zero attached hydrogens (tertiary/aromatic N) is 2. The number of piperidine rings is 2. The summed E-state index contributed by atoms with van der Waals surface area (Å²) in [5.41, 5.74) is 0.460. The van der Waals surface area contributed by atoms with E-state index in [9.17, 15) is 18.0 Å².